The van der Waals surface area contributed by atoms with Crippen LogP contribution >= 0.6 is 11.6 Å². The molecule has 0 saturated heterocycles. The smallest absolute Gasteiger partial charge is 0.166 e. The Balaban J connectivity index is 2.33. The number of ether oxygens (including phenoxy) is 1. The number of Topliss-reactive ketones (excluding diaryl/α,β-unsaturated/α-hetero) is 1. The molecule has 0 N–H and O–H groups in total. The lowest BCUT2D eigenvalue weighted by atomic mass is 10.1. The molecule has 104 valence electrons. The van der Waals surface area contributed by atoms with E-state index in [1.54, 1.807) is 6.07 Å². The lowest BCUT2D eigenvalue weighted by Crippen LogP contribution is -2.00. The first-order valence-electron chi connectivity index (χ1n) is 6.74. The van der Waals surface area contributed by atoms with Gasteiger partial charge in [0, 0.05) is 11.4 Å². The van der Waals surface area contributed by atoms with Crippen molar-refractivity contribution < 1.29 is 9.53 Å². The Morgan fingerprint density at radius 2 is 1.90 bits per heavy atom. The molecule has 0 saturated carbocycles. The quantitative estimate of drug-likeness (QED) is 0.699. The molecule has 0 spiro atoms. The van der Waals surface area contributed by atoms with E-state index in [4.69, 9.17) is 16.3 Å². The molecule has 0 radical (unpaired) electrons. The third-order valence-electron chi connectivity index (χ3n) is 3.13. The Kier molecular flexibility index (Phi) is 4.80. The molecule has 0 bridgehead atoms. The second-order valence-electron chi connectivity index (χ2n) is 4.48. The molecule has 2 aromatic rings. The van der Waals surface area contributed by atoms with E-state index in [9.17, 15) is 4.79 Å². The second kappa shape index (κ2) is 6.58. The topological polar surface area (TPSA) is 26.3 Å². The molecule has 0 fully saturated rings. The highest BCUT2D eigenvalue weighted by atomic mass is 35.5. The van der Waals surface area contributed by atoms with Crippen LogP contribution in [-0.4, -0.2) is 5.78 Å². The first-order chi connectivity index (χ1) is 9.65. The van der Waals surface area contributed by atoms with E-state index in [2.05, 4.69) is 0 Å². The van der Waals surface area contributed by atoms with E-state index >= 15 is 0 Å². The highest BCUT2D eigenvalue weighted by Gasteiger charge is 2.11. The summed E-state index contributed by atoms with van der Waals surface area (Å²) in [5.41, 5.74) is 1.64. The van der Waals surface area contributed by atoms with Gasteiger partial charge in [0.05, 0.1) is 5.56 Å². The van der Waals surface area contributed by atoms with Crippen molar-refractivity contribution >= 4 is 17.4 Å². The first kappa shape index (κ1) is 14.6. The van der Waals surface area contributed by atoms with Crippen molar-refractivity contribution in [3.05, 3.63) is 58.6 Å². The van der Waals surface area contributed by atoms with E-state index in [1.807, 2.05) is 50.2 Å². The monoisotopic (exact) mass is 288 g/mol. The predicted molar refractivity (Wildman–Crippen MR) is 82.0 cm³/mol. The van der Waals surface area contributed by atoms with Gasteiger partial charge in [-0.1, -0.05) is 37.6 Å². The molecule has 20 heavy (non-hydrogen) atoms. The number of benzene rings is 2. The van der Waals surface area contributed by atoms with Gasteiger partial charge in [0.1, 0.15) is 11.5 Å². The molecule has 2 rings (SSSR count). The summed E-state index contributed by atoms with van der Waals surface area (Å²) in [4.78, 5) is 11.9. The Hall–Kier alpha value is -1.80. The summed E-state index contributed by atoms with van der Waals surface area (Å²) in [6, 6.07) is 12.8. The summed E-state index contributed by atoms with van der Waals surface area (Å²) in [5.74, 6) is 1.36. The number of rotatable bonds is 5. The lowest BCUT2D eigenvalue weighted by Gasteiger charge is -2.11. The minimum Gasteiger partial charge on any atom is -0.457 e. The van der Waals surface area contributed by atoms with Gasteiger partial charge in [0.15, 0.2) is 5.78 Å². The molecule has 0 aliphatic carbocycles. The first-order valence-corrected chi connectivity index (χ1v) is 7.12. The fourth-order valence-electron chi connectivity index (χ4n) is 1.99. The standard InChI is InChI=1S/C17H17ClO2/c1-3-12-11-13(9-10-15(12)18)20-17-8-6-5-7-14(17)16(19)4-2/h5-11H,3-4H2,1-2H3. The summed E-state index contributed by atoms with van der Waals surface area (Å²) >= 11 is 6.09. The van der Waals surface area contributed by atoms with Gasteiger partial charge < -0.3 is 4.74 Å². The minimum atomic E-state index is 0.0743. The van der Waals surface area contributed by atoms with E-state index in [0.717, 1.165) is 17.0 Å². The zero-order valence-electron chi connectivity index (χ0n) is 11.7. The van der Waals surface area contributed by atoms with Gasteiger partial charge in [-0.2, -0.15) is 0 Å². The summed E-state index contributed by atoms with van der Waals surface area (Å²) in [5, 5.41) is 0.734. The van der Waals surface area contributed by atoms with Crippen LogP contribution < -0.4 is 4.74 Å². The van der Waals surface area contributed by atoms with E-state index in [0.29, 0.717) is 23.5 Å². The lowest BCUT2D eigenvalue weighted by molar-refractivity contribution is 0.0986. The summed E-state index contributed by atoms with van der Waals surface area (Å²) in [7, 11) is 0. The van der Waals surface area contributed by atoms with Crippen LogP contribution in [0, 0.1) is 0 Å². The van der Waals surface area contributed by atoms with Gasteiger partial charge in [-0.15, -0.1) is 0 Å². The van der Waals surface area contributed by atoms with E-state index in [-0.39, 0.29) is 5.78 Å². The SMILES string of the molecule is CCC(=O)c1ccccc1Oc1ccc(Cl)c(CC)c1. The van der Waals surface area contributed by atoms with Gasteiger partial charge in [-0.05, 0) is 42.3 Å². The number of aryl methyl sites for hydroxylation is 1. The van der Waals surface area contributed by atoms with Gasteiger partial charge in [-0.25, -0.2) is 0 Å². The van der Waals surface area contributed by atoms with Crippen LogP contribution in [0.15, 0.2) is 42.5 Å². The van der Waals surface area contributed by atoms with Crippen LogP contribution in [0.4, 0.5) is 0 Å². The zero-order valence-corrected chi connectivity index (χ0v) is 12.4. The Bertz CT molecular complexity index is 620. The summed E-state index contributed by atoms with van der Waals surface area (Å²) in [6.07, 6.45) is 1.30. The fraction of sp³-hybridized carbons (Fsp3) is 0.235. The average molecular weight is 289 g/mol. The normalized spacial score (nSPS) is 10.3. The number of carbonyl (C=O) groups excluding carboxylic acids is 1. The molecule has 3 heteroatoms. The molecule has 0 amide bonds. The number of ketones is 1. The molecule has 0 unspecified atom stereocenters. The number of carbonyl (C=O) groups is 1. The average Bonchev–Trinajstić information content (AvgIpc) is 2.49. The van der Waals surface area contributed by atoms with Crippen molar-refractivity contribution in [1.29, 1.82) is 0 Å². The molecule has 2 nitrogen and oxygen atoms in total. The number of hydrogen-bond donors (Lipinski definition) is 0. The summed E-state index contributed by atoms with van der Waals surface area (Å²) < 4.78 is 5.85. The van der Waals surface area contributed by atoms with Crippen molar-refractivity contribution in [3.8, 4) is 11.5 Å². The van der Waals surface area contributed by atoms with Crippen molar-refractivity contribution in [2.24, 2.45) is 0 Å². The van der Waals surface area contributed by atoms with Crippen LogP contribution in [0.2, 0.25) is 5.02 Å². The van der Waals surface area contributed by atoms with Crippen molar-refractivity contribution in [2.45, 2.75) is 26.7 Å². The third kappa shape index (κ3) is 3.20. The summed E-state index contributed by atoms with van der Waals surface area (Å²) in [6.45, 7) is 3.89. The van der Waals surface area contributed by atoms with Crippen LogP contribution in [0.1, 0.15) is 36.2 Å². The molecule has 0 aliphatic heterocycles. The number of para-hydroxylation sites is 1. The highest BCUT2D eigenvalue weighted by molar-refractivity contribution is 6.31. The maximum atomic E-state index is 11.9. The second-order valence-corrected chi connectivity index (χ2v) is 4.89. The van der Waals surface area contributed by atoms with Crippen molar-refractivity contribution in [3.63, 3.8) is 0 Å². The van der Waals surface area contributed by atoms with Crippen LogP contribution in [0.3, 0.4) is 0 Å². The molecular weight excluding hydrogens is 272 g/mol. The number of halogens is 1. The van der Waals surface area contributed by atoms with Crippen LogP contribution in [0.5, 0.6) is 11.5 Å². The molecule has 0 aliphatic rings. The third-order valence-corrected chi connectivity index (χ3v) is 3.50. The fourth-order valence-corrected chi connectivity index (χ4v) is 2.24. The maximum absolute atomic E-state index is 11.9. The molecule has 0 aromatic heterocycles. The van der Waals surface area contributed by atoms with Crippen molar-refractivity contribution in [2.75, 3.05) is 0 Å². The number of hydrogen-bond acceptors (Lipinski definition) is 2. The Labute approximate surface area is 124 Å². The predicted octanol–water partition coefficient (Wildman–Crippen LogP) is 5.29. The molecule has 0 heterocycles. The molecule has 2 aromatic carbocycles. The molecular formula is C17H17ClO2. The van der Waals surface area contributed by atoms with E-state index in [1.165, 1.54) is 0 Å². The van der Waals surface area contributed by atoms with E-state index < -0.39 is 0 Å². The minimum absolute atomic E-state index is 0.0743. The van der Waals surface area contributed by atoms with Crippen LogP contribution in [-0.2, 0) is 6.42 Å². The zero-order chi connectivity index (χ0) is 14.5. The maximum Gasteiger partial charge on any atom is 0.166 e. The molecule has 0 atom stereocenters. The Morgan fingerprint density at radius 1 is 1.15 bits per heavy atom. The van der Waals surface area contributed by atoms with Gasteiger partial charge in [-0.3, -0.25) is 4.79 Å². The van der Waals surface area contributed by atoms with Gasteiger partial charge >= 0.3 is 0 Å². The van der Waals surface area contributed by atoms with Crippen LogP contribution in [0.25, 0.3) is 0 Å². The largest absolute Gasteiger partial charge is 0.457 e. The van der Waals surface area contributed by atoms with Gasteiger partial charge in [0.2, 0.25) is 0 Å². The van der Waals surface area contributed by atoms with Crippen molar-refractivity contribution in [1.82, 2.24) is 0 Å². The van der Waals surface area contributed by atoms with Gasteiger partial charge in [0.25, 0.3) is 0 Å². The highest BCUT2D eigenvalue weighted by Crippen LogP contribution is 2.29. The Morgan fingerprint density at radius 3 is 2.60 bits per heavy atom.